The second-order valence-electron chi connectivity index (χ2n) is 4.55. The lowest BCUT2D eigenvalue weighted by Gasteiger charge is -2.26. The third-order valence-electron chi connectivity index (χ3n) is 2.91. The molecule has 0 aromatic heterocycles. The molecule has 2 N–H and O–H groups in total. The molecule has 0 aliphatic rings. The fourth-order valence-electron chi connectivity index (χ4n) is 1.78. The number of hydrogen-bond acceptors (Lipinski definition) is 2. The Balaban J connectivity index is 2.79. The zero-order valence-corrected chi connectivity index (χ0v) is 11.2. The predicted molar refractivity (Wildman–Crippen MR) is 69.2 cm³/mol. The number of nitrogens with two attached hydrogens (primary N) is 1. The van der Waals surface area contributed by atoms with E-state index in [4.69, 9.17) is 10.5 Å². The molecule has 0 heterocycles. The Morgan fingerprint density at radius 3 is 2.16 bits per heavy atom. The van der Waals surface area contributed by atoms with Gasteiger partial charge >= 0.3 is 6.18 Å². The van der Waals surface area contributed by atoms with Crippen LogP contribution in [0, 0.1) is 0 Å². The van der Waals surface area contributed by atoms with Crippen LogP contribution in [0.15, 0.2) is 24.3 Å². The van der Waals surface area contributed by atoms with Crippen molar-refractivity contribution in [2.45, 2.75) is 51.4 Å². The van der Waals surface area contributed by atoms with Crippen molar-refractivity contribution in [2.75, 3.05) is 0 Å². The summed E-state index contributed by atoms with van der Waals surface area (Å²) < 4.78 is 43.5. The van der Waals surface area contributed by atoms with Gasteiger partial charge in [-0.05, 0) is 30.5 Å². The van der Waals surface area contributed by atoms with E-state index in [1.165, 1.54) is 0 Å². The Kier molecular flexibility index (Phi) is 5.66. The van der Waals surface area contributed by atoms with Crippen LogP contribution in [0.25, 0.3) is 0 Å². The van der Waals surface area contributed by atoms with Gasteiger partial charge in [-0.3, -0.25) is 0 Å². The summed E-state index contributed by atoms with van der Waals surface area (Å²) in [6.45, 7) is 3.65. The third-order valence-corrected chi connectivity index (χ3v) is 2.91. The van der Waals surface area contributed by atoms with Gasteiger partial charge in [0, 0.05) is 0 Å². The van der Waals surface area contributed by atoms with Gasteiger partial charge in [0.25, 0.3) is 0 Å². The molecule has 0 aliphatic carbocycles. The maximum atomic E-state index is 12.8. The molecule has 0 aliphatic heterocycles. The number of rotatable bonds is 6. The fraction of sp³-hybridized carbons (Fsp3) is 0.571. The van der Waals surface area contributed by atoms with E-state index in [1.807, 2.05) is 6.92 Å². The standard InChI is InChI=1S/C14H20F3NO/c1-3-5-10-6-8-11(9-7-10)19-13(12(18)4-2)14(15,16)17/h6-9,12-13H,3-5,18H2,1-2H3. The lowest BCUT2D eigenvalue weighted by Crippen LogP contribution is -2.48. The maximum Gasteiger partial charge on any atom is 0.426 e. The highest BCUT2D eigenvalue weighted by Crippen LogP contribution is 2.28. The molecule has 1 aromatic carbocycles. The summed E-state index contributed by atoms with van der Waals surface area (Å²) in [6, 6.07) is 5.63. The Labute approximate surface area is 111 Å². The summed E-state index contributed by atoms with van der Waals surface area (Å²) in [6.07, 6.45) is -4.33. The van der Waals surface area contributed by atoms with Crippen LogP contribution in [0.5, 0.6) is 5.75 Å². The number of alkyl halides is 3. The minimum Gasteiger partial charge on any atom is -0.479 e. The average molecular weight is 275 g/mol. The van der Waals surface area contributed by atoms with Gasteiger partial charge in [0.15, 0.2) is 0 Å². The van der Waals surface area contributed by atoms with Crippen LogP contribution in [0.3, 0.4) is 0 Å². The van der Waals surface area contributed by atoms with E-state index in [0.29, 0.717) is 0 Å². The largest absolute Gasteiger partial charge is 0.479 e. The van der Waals surface area contributed by atoms with E-state index in [9.17, 15) is 13.2 Å². The lowest BCUT2D eigenvalue weighted by atomic mass is 10.1. The molecule has 0 fully saturated rings. The van der Waals surface area contributed by atoms with Gasteiger partial charge in [-0.2, -0.15) is 13.2 Å². The zero-order valence-electron chi connectivity index (χ0n) is 11.2. The minimum absolute atomic E-state index is 0.200. The van der Waals surface area contributed by atoms with Crippen LogP contribution in [0.1, 0.15) is 32.3 Å². The molecule has 0 saturated carbocycles. The summed E-state index contributed by atoms with van der Waals surface area (Å²) in [4.78, 5) is 0. The first-order chi connectivity index (χ1) is 8.88. The molecule has 2 unspecified atom stereocenters. The van der Waals surface area contributed by atoms with Crippen LogP contribution in [-0.4, -0.2) is 18.3 Å². The number of halogens is 3. The molecule has 2 atom stereocenters. The molecule has 1 rings (SSSR count). The van der Waals surface area contributed by atoms with Crippen LogP contribution in [-0.2, 0) is 6.42 Å². The van der Waals surface area contributed by atoms with Gasteiger partial charge in [-0.15, -0.1) is 0 Å². The van der Waals surface area contributed by atoms with Crippen molar-refractivity contribution >= 4 is 0 Å². The van der Waals surface area contributed by atoms with E-state index < -0.39 is 18.3 Å². The number of benzene rings is 1. The molecule has 0 radical (unpaired) electrons. The third kappa shape index (κ3) is 4.74. The Bertz CT molecular complexity index is 375. The van der Waals surface area contributed by atoms with Gasteiger partial charge < -0.3 is 10.5 Å². The van der Waals surface area contributed by atoms with Crippen LogP contribution >= 0.6 is 0 Å². The highest BCUT2D eigenvalue weighted by atomic mass is 19.4. The van der Waals surface area contributed by atoms with Crippen molar-refractivity contribution in [1.82, 2.24) is 0 Å². The minimum atomic E-state index is -4.46. The van der Waals surface area contributed by atoms with Crippen molar-refractivity contribution in [2.24, 2.45) is 5.73 Å². The zero-order chi connectivity index (χ0) is 14.5. The monoisotopic (exact) mass is 275 g/mol. The van der Waals surface area contributed by atoms with Gasteiger partial charge in [-0.1, -0.05) is 32.4 Å². The van der Waals surface area contributed by atoms with Crippen LogP contribution in [0.4, 0.5) is 13.2 Å². The molecule has 0 saturated heterocycles. The van der Waals surface area contributed by atoms with E-state index >= 15 is 0 Å². The quantitative estimate of drug-likeness (QED) is 0.859. The van der Waals surface area contributed by atoms with Crippen LogP contribution in [0.2, 0.25) is 0 Å². The van der Waals surface area contributed by atoms with Gasteiger partial charge in [0.1, 0.15) is 5.75 Å². The van der Waals surface area contributed by atoms with Crippen molar-refractivity contribution in [3.63, 3.8) is 0 Å². The van der Waals surface area contributed by atoms with Gasteiger partial charge in [-0.25, -0.2) is 0 Å². The first kappa shape index (κ1) is 15.8. The van der Waals surface area contributed by atoms with E-state index in [1.54, 1.807) is 31.2 Å². The Hall–Kier alpha value is -1.23. The van der Waals surface area contributed by atoms with Crippen molar-refractivity contribution in [1.29, 1.82) is 0 Å². The number of aryl methyl sites for hydroxylation is 1. The summed E-state index contributed by atoms with van der Waals surface area (Å²) >= 11 is 0. The Morgan fingerprint density at radius 1 is 1.16 bits per heavy atom. The van der Waals surface area contributed by atoms with Crippen molar-refractivity contribution in [3.8, 4) is 5.75 Å². The Morgan fingerprint density at radius 2 is 1.74 bits per heavy atom. The summed E-state index contributed by atoms with van der Waals surface area (Å²) in [5, 5.41) is 0. The average Bonchev–Trinajstić information content (AvgIpc) is 2.36. The molecular formula is C14H20F3NO. The molecule has 0 spiro atoms. The molecule has 19 heavy (non-hydrogen) atoms. The van der Waals surface area contributed by atoms with Gasteiger partial charge in [0.05, 0.1) is 6.04 Å². The molecule has 1 aromatic rings. The molecule has 0 bridgehead atoms. The van der Waals surface area contributed by atoms with Crippen LogP contribution < -0.4 is 10.5 Å². The topological polar surface area (TPSA) is 35.2 Å². The fourth-order valence-corrected chi connectivity index (χ4v) is 1.78. The molecule has 108 valence electrons. The normalized spacial score (nSPS) is 15.1. The molecular weight excluding hydrogens is 255 g/mol. The SMILES string of the molecule is CCCc1ccc(OC(C(N)CC)C(F)(F)F)cc1. The highest BCUT2D eigenvalue weighted by Gasteiger charge is 2.45. The summed E-state index contributed by atoms with van der Waals surface area (Å²) in [5.41, 5.74) is 6.57. The predicted octanol–water partition coefficient (Wildman–Crippen LogP) is 3.69. The number of hydrogen-bond donors (Lipinski definition) is 1. The number of ether oxygens (including phenoxy) is 1. The lowest BCUT2D eigenvalue weighted by molar-refractivity contribution is -0.200. The first-order valence-electron chi connectivity index (χ1n) is 6.46. The maximum absolute atomic E-state index is 12.8. The second-order valence-corrected chi connectivity index (χ2v) is 4.55. The molecule has 5 heteroatoms. The van der Waals surface area contributed by atoms with E-state index in [0.717, 1.165) is 18.4 Å². The first-order valence-corrected chi connectivity index (χ1v) is 6.46. The molecule has 2 nitrogen and oxygen atoms in total. The molecule has 0 amide bonds. The van der Waals surface area contributed by atoms with Gasteiger partial charge in [0.2, 0.25) is 6.10 Å². The summed E-state index contributed by atoms with van der Waals surface area (Å²) in [5.74, 6) is 0.200. The second kappa shape index (κ2) is 6.80. The van der Waals surface area contributed by atoms with Crippen molar-refractivity contribution in [3.05, 3.63) is 29.8 Å². The summed E-state index contributed by atoms with van der Waals surface area (Å²) in [7, 11) is 0. The highest BCUT2D eigenvalue weighted by molar-refractivity contribution is 5.27. The van der Waals surface area contributed by atoms with E-state index in [-0.39, 0.29) is 12.2 Å². The van der Waals surface area contributed by atoms with E-state index in [2.05, 4.69) is 0 Å². The smallest absolute Gasteiger partial charge is 0.426 e. The van der Waals surface area contributed by atoms with Crippen molar-refractivity contribution < 1.29 is 17.9 Å².